The summed E-state index contributed by atoms with van der Waals surface area (Å²) in [7, 11) is 0. The van der Waals surface area contributed by atoms with Gasteiger partial charge in [-0.2, -0.15) is 0 Å². The average molecular weight is 419 g/mol. The summed E-state index contributed by atoms with van der Waals surface area (Å²) in [6.07, 6.45) is 11.2. The van der Waals surface area contributed by atoms with Crippen LogP contribution in [0.25, 0.3) is 0 Å². The topological polar surface area (TPSA) is 35.5 Å². The molecule has 0 spiro atoms. The quantitative estimate of drug-likeness (QED) is 0.201. The molecule has 4 rings (SSSR count). The summed E-state index contributed by atoms with van der Waals surface area (Å²) in [6, 6.07) is 0. The van der Waals surface area contributed by atoms with Crippen LogP contribution in [-0.4, -0.2) is 18.9 Å². The van der Waals surface area contributed by atoms with Gasteiger partial charge in [-0.25, -0.2) is 0 Å². The van der Waals surface area contributed by atoms with Gasteiger partial charge in [0, 0.05) is 0 Å². The minimum Gasteiger partial charge on any atom is -0.438 e. The maximum absolute atomic E-state index is 12.5. The van der Waals surface area contributed by atoms with Crippen LogP contribution in [0.15, 0.2) is 25.3 Å². The first kappa shape index (κ1) is 25.2. The molecule has 3 nitrogen and oxygen atoms in total. The maximum atomic E-state index is 12.5. The second-order valence-electron chi connectivity index (χ2n) is 10.6. The van der Waals surface area contributed by atoms with Crippen LogP contribution >= 0.6 is 0 Å². The Morgan fingerprint density at radius 3 is 2.13 bits per heavy atom. The molecular formula is C27H46O3. The fraction of sp³-hybridized carbons (Fsp3) is 0.815. The predicted molar refractivity (Wildman–Crippen MR) is 125 cm³/mol. The first-order valence-corrected chi connectivity index (χ1v) is 12.3. The SMILES string of the molecule is C=CCC=C.CC.CC(C)OCOC(=O)C1CC2CC1C1C3CC(CC(C)(C)C3)C21. The van der Waals surface area contributed by atoms with Crippen LogP contribution in [0.4, 0.5) is 0 Å². The Labute approximate surface area is 185 Å². The van der Waals surface area contributed by atoms with E-state index >= 15 is 0 Å². The molecule has 0 aromatic carbocycles. The highest BCUT2D eigenvalue weighted by molar-refractivity contribution is 5.73. The van der Waals surface area contributed by atoms with Gasteiger partial charge in [0.2, 0.25) is 0 Å². The molecule has 3 heteroatoms. The number of ether oxygens (including phenoxy) is 2. The van der Waals surface area contributed by atoms with Crippen molar-refractivity contribution in [1.82, 2.24) is 0 Å². The van der Waals surface area contributed by atoms with Crippen molar-refractivity contribution in [2.75, 3.05) is 6.79 Å². The molecule has 30 heavy (non-hydrogen) atoms. The number of rotatable bonds is 6. The zero-order chi connectivity index (χ0) is 22.5. The van der Waals surface area contributed by atoms with Gasteiger partial charge in [0.05, 0.1) is 12.0 Å². The van der Waals surface area contributed by atoms with Gasteiger partial charge in [0.1, 0.15) is 0 Å². The molecule has 0 heterocycles. The largest absolute Gasteiger partial charge is 0.438 e. The lowest BCUT2D eigenvalue weighted by molar-refractivity contribution is -0.167. The standard InChI is InChI=1S/C20H32O3.C5H8.C2H6/c1-11(2)22-10-23-19(21)16-7-12-6-15(16)18-14-5-13(17(12)18)8-20(3,4)9-14;1-3-5-4-2;1-2/h11-18H,5-10H2,1-4H3;3-4H,1-2,5H2;1-2H3. The first-order chi connectivity index (χ1) is 14.3. The molecule has 172 valence electrons. The maximum Gasteiger partial charge on any atom is 0.311 e. The fourth-order valence-electron chi connectivity index (χ4n) is 7.18. The second-order valence-corrected chi connectivity index (χ2v) is 10.6. The summed E-state index contributed by atoms with van der Waals surface area (Å²) in [4.78, 5) is 12.5. The van der Waals surface area contributed by atoms with Gasteiger partial charge in [-0.3, -0.25) is 4.79 Å². The Morgan fingerprint density at radius 2 is 1.60 bits per heavy atom. The van der Waals surface area contributed by atoms with Crippen LogP contribution in [0.2, 0.25) is 0 Å². The van der Waals surface area contributed by atoms with Gasteiger partial charge in [-0.05, 0) is 93.3 Å². The number of carbonyl (C=O) groups excluding carboxylic acids is 1. The number of fused-ring (bicyclic) bond motifs is 9. The Morgan fingerprint density at radius 1 is 1.00 bits per heavy atom. The highest BCUT2D eigenvalue weighted by atomic mass is 16.7. The molecule has 4 fully saturated rings. The van der Waals surface area contributed by atoms with Crippen molar-refractivity contribution in [2.45, 2.75) is 86.2 Å². The van der Waals surface area contributed by atoms with Crippen molar-refractivity contribution < 1.29 is 14.3 Å². The van der Waals surface area contributed by atoms with Crippen LogP contribution in [0, 0.1) is 46.8 Å². The lowest BCUT2D eigenvalue weighted by Crippen LogP contribution is -2.34. The summed E-state index contributed by atoms with van der Waals surface area (Å²) in [6.45, 7) is 19.9. The molecular weight excluding hydrogens is 372 g/mol. The number of esters is 1. The van der Waals surface area contributed by atoms with Crippen molar-refractivity contribution in [2.24, 2.45) is 46.8 Å². The summed E-state index contributed by atoms with van der Waals surface area (Å²) >= 11 is 0. The highest BCUT2D eigenvalue weighted by Gasteiger charge is 2.64. The molecule has 0 aromatic heterocycles. The summed E-state index contributed by atoms with van der Waals surface area (Å²) in [5.41, 5.74) is 0.512. The van der Waals surface area contributed by atoms with E-state index in [2.05, 4.69) is 27.0 Å². The van der Waals surface area contributed by atoms with E-state index in [0.717, 1.165) is 42.4 Å². The van der Waals surface area contributed by atoms with Crippen LogP contribution in [-0.2, 0) is 14.3 Å². The zero-order valence-corrected chi connectivity index (χ0v) is 20.4. The van der Waals surface area contributed by atoms with E-state index in [1.165, 1.54) is 25.7 Å². The van der Waals surface area contributed by atoms with Crippen LogP contribution in [0.5, 0.6) is 0 Å². The first-order valence-electron chi connectivity index (χ1n) is 12.3. The Kier molecular flexibility index (Phi) is 9.21. The number of hydrogen-bond acceptors (Lipinski definition) is 3. The molecule has 4 saturated carbocycles. The molecule has 0 N–H and O–H groups in total. The summed E-state index contributed by atoms with van der Waals surface area (Å²) in [5.74, 6) is 5.08. The molecule has 0 saturated heterocycles. The minimum absolute atomic E-state index is 0.0114. The minimum atomic E-state index is 0.0114. The van der Waals surface area contributed by atoms with Gasteiger partial charge >= 0.3 is 5.97 Å². The average Bonchev–Trinajstić information content (AvgIpc) is 3.35. The van der Waals surface area contributed by atoms with Gasteiger partial charge in [0.25, 0.3) is 0 Å². The third-order valence-corrected chi connectivity index (χ3v) is 7.69. The molecule has 7 atom stereocenters. The molecule has 4 aliphatic carbocycles. The third-order valence-electron chi connectivity index (χ3n) is 7.69. The van der Waals surface area contributed by atoms with Crippen molar-refractivity contribution in [3.05, 3.63) is 25.3 Å². The molecule has 0 amide bonds. The predicted octanol–water partition coefficient (Wildman–Crippen LogP) is 7.03. The highest BCUT2D eigenvalue weighted by Crippen LogP contribution is 2.69. The van der Waals surface area contributed by atoms with Gasteiger partial charge < -0.3 is 9.47 Å². The molecule has 0 aromatic rings. The van der Waals surface area contributed by atoms with Crippen molar-refractivity contribution in [3.8, 4) is 0 Å². The smallest absolute Gasteiger partial charge is 0.311 e. The van der Waals surface area contributed by atoms with Crippen molar-refractivity contribution in [1.29, 1.82) is 0 Å². The van der Waals surface area contributed by atoms with E-state index in [1.54, 1.807) is 0 Å². The van der Waals surface area contributed by atoms with Gasteiger partial charge in [-0.1, -0.05) is 39.8 Å². The van der Waals surface area contributed by atoms with E-state index in [4.69, 9.17) is 9.47 Å². The van der Waals surface area contributed by atoms with Crippen LogP contribution in [0.3, 0.4) is 0 Å². The number of hydrogen-bond donors (Lipinski definition) is 0. The lowest BCUT2D eigenvalue weighted by Gasteiger charge is -2.36. The van der Waals surface area contributed by atoms with Crippen LogP contribution in [0.1, 0.15) is 80.1 Å². The lowest BCUT2D eigenvalue weighted by atomic mass is 9.69. The van der Waals surface area contributed by atoms with Gasteiger partial charge in [-0.15, -0.1) is 13.2 Å². The Hall–Kier alpha value is -1.09. The summed E-state index contributed by atoms with van der Waals surface area (Å²) < 4.78 is 10.8. The molecule has 0 aliphatic heterocycles. The molecule has 0 radical (unpaired) electrons. The molecule has 4 aliphatic rings. The number of carbonyl (C=O) groups is 1. The molecule has 4 bridgehead atoms. The van der Waals surface area contributed by atoms with E-state index < -0.39 is 0 Å². The van der Waals surface area contributed by atoms with Crippen LogP contribution < -0.4 is 0 Å². The fourth-order valence-corrected chi connectivity index (χ4v) is 7.18. The van der Waals surface area contributed by atoms with E-state index in [9.17, 15) is 4.79 Å². The number of allylic oxidation sites excluding steroid dienone is 2. The third kappa shape index (κ3) is 5.58. The molecule has 7 unspecified atom stereocenters. The summed E-state index contributed by atoms with van der Waals surface area (Å²) in [5, 5.41) is 0. The normalized spacial score (nSPS) is 36.7. The Balaban J connectivity index is 0.000000404. The van der Waals surface area contributed by atoms with Gasteiger partial charge in [0.15, 0.2) is 6.79 Å². The second kappa shape index (κ2) is 11.0. The Bertz CT molecular complexity index is 573. The van der Waals surface area contributed by atoms with Crippen molar-refractivity contribution >= 4 is 5.97 Å². The zero-order valence-electron chi connectivity index (χ0n) is 20.4. The monoisotopic (exact) mass is 418 g/mol. The van der Waals surface area contributed by atoms with E-state index in [0.29, 0.717) is 11.3 Å². The van der Waals surface area contributed by atoms with E-state index in [-0.39, 0.29) is 24.8 Å². The van der Waals surface area contributed by atoms with E-state index in [1.807, 2.05) is 39.8 Å². The van der Waals surface area contributed by atoms with Crippen molar-refractivity contribution in [3.63, 3.8) is 0 Å².